The minimum Gasteiger partial charge on any atom is -0.298 e. The Bertz CT molecular complexity index is 527. The Hall–Kier alpha value is -1.33. The molecule has 4 nitrogen and oxygen atoms in total. The number of benzene rings is 1. The molecule has 0 aliphatic rings. The monoisotopic (exact) mass is 253 g/mol. The molecule has 1 N–H and O–H groups in total. The van der Waals surface area contributed by atoms with Crippen LogP contribution in [-0.2, 0) is 0 Å². The van der Waals surface area contributed by atoms with Gasteiger partial charge in [-0.25, -0.2) is 4.98 Å². The maximum absolute atomic E-state index is 10.8. The van der Waals surface area contributed by atoms with E-state index in [-0.39, 0.29) is 0 Å². The van der Waals surface area contributed by atoms with Gasteiger partial charge in [-0.1, -0.05) is 11.6 Å². The Balaban J connectivity index is 2.32. The van der Waals surface area contributed by atoms with E-state index in [0.29, 0.717) is 15.7 Å². The zero-order chi connectivity index (χ0) is 11.5. The summed E-state index contributed by atoms with van der Waals surface area (Å²) >= 11 is 7.17. The number of aryl methyl sites for hydroxylation is 1. The molecule has 6 heteroatoms. The summed E-state index contributed by atoms with van der Waals surface area (Å²) in [4.78, 5) is 15.7. The van der Waals surface area contributed by atoms with Crippen LogP contribution in [0.25, 0.3) is 0 Å². The van der Waals surface area contributed by atoms with Gasteiger partial charge in [-0.3, -0.25) is 9.89 Å². The Morgan fingerprint density at radius 2 is 2.31 bits per heavy atom. The number of hydrogen-bond acceptors (Lipinski definition) is 4. The number of hydrogen-bond donors (Lipinski definition) is 1. The summed E-state index contributed by atoms with van der Waals surface area (Å²) < 4.78 is 0. The quantitative estimate of drug-likeness (QED) is 0.855. The molecule has 0 aliphatic carbocycles. The summed E-state index contributed by atoms with van der Waals surface area (Å²) in [6.07, 6.45) is 0.790. The number of aromatic amines is 1. The van der Waals surface area contributed by atoms with Gasteiger partial charge in [-0.05, 0) is 36.9 Å². The van der Waals surface area contributed by atoms with Gasteiger partial charge in [0.05, 0.1) is 0 Å². The van der Waals surface area contributed by atoms with E-state index in [2.05, 4.69) is 15.2 Å². The van der Waals surface area contributed by atoms with Crippen LogP contribution >= 0.6 is 23.4 Å². The minimum atomic E-state index is 0.572. The summed E-state index contributed by atoms with van der Waals surface area (Å²) in [5, 5.41) is 7.88. The number of H-pyrrole nitrogens is 1. The Kier molecular flexibility index (Phi) is 3.26. The third kappa shape index (κ3) is 2.43. The molecule has 82 valence electrons. The van der Waals surface area contributed by atoms with E-state index in [1.165, 1.54) is 11.8 Å². The zero-order valence-corrected chi connectivity index (χ0v) is 9.97. The van der Waals surface area contributed by atoms with Crippen molar-refractivity contribution in [3.05, 3.63) is 34.6 Å². The molecule has 0 atom stereocenters. The second kappa shape index (κ2) is 4.67. The smallest absolute Gasteiger partial charge is 0.213 e. The summed E-state index contributed by atoms with van der Waals surface area (Å²) in [6.45, 7) is 1.82. The molecule has 1 aromatic heterocycles. The third-order valence-electron chi connectivity index (χ3n) is 1.88. The van der Waals surface area contributed by atoms with Crippen LogP contribution in [0.4, 0.5) is 0 Å². The van der Waals surface area contributed by atoms with E-state index in [0.717, 1.165) is 17.0 Å². The number of rotatable bonds is 3. The Morgan fingerprint density at radius 1 is 1.50 bits per heavy atom. The average Bonchev–Trinajstić information content (AvgIpc) is 2.64. The van der Waals surface area contributed by atoms with Gasteiger partial charge in [0, 0.05) is 15.5 Å². The van der Waals surface area contributed by atoms with Crippen molar-refractivity contribution in [1.82, 2.24) is 15.2 Å². The van der Waals surface area contributed by atoms with Gasteiger partial charge in [-0.2, -0.15) is 0 Å². The molecule has 0 aliphatic heterocycles. The lowest BCUT2D eigenvalue weighted by atomic mass is 10.2. The van der Waals surface area contributed by atoms with E-state index in [1.54, 1.807) is 18.2 Å². The maximum atomic E-state index is 10.8. The highest BCUT2D eigenvalue weighted by Gasteiger charge is 2.08. The molecule has 1 heterocycles. The minimum absolute atomic E-state index is 0.572. The first kappa shape index (κ1) is 11.2. The van der Waals surface area contributed by atoms with Crippen LogP contribution in [0, 0.1) is 6.92 Å². The Labute approximate surface area is 101 Å². The van der Waals surface area contributed by atoms with Crippen LogP contribution < -0.4 is 0 Å². The predicted molar refractivity (Wildman–Crippen MR) is 62.1 cm³/mol. The Morgan fingerprint density at radius 3 is 2.94 bits per heavy atom. The van der Waals surface area contributed by atoms with E-state index in [4.69, 9.17) is 11.6 Å². The van der Waals surface area contributed by atoms with Crippen molar-refractivity contribution in [3.8, 4) is 0 Å². The lowest BCUT2D eigenvalue weighted by Gasteiger charge is -2.01. The fraction of sp³-hybridized carbons (Fsp3) is 0.100. The van der Waals surface area contributed by atoms with Crippen molar-refractivity contribution in [3.63, 3.8) is 0 Å². The number of aromatic nitrogens is 3. The summed E-state index contributed by atoms with van der Waals surface area (Å²) in [7, 11) is 0. The molecular weight excluding hydrogens is 246 g/mol. The molecular formula is C10H8ClN3OS. The lowest BCUT2D eigenvalue weighted by Crippen LogP contribution is -1.86. The summed E-state index contributed by atoms with van der Waals surface area (Å²) in [5.74, 6) is 0.734. The molecule has 1 aromatic carbocycles. The third-order valence-corrected chi connectivity index (χ3v) is 3.05. The van der Waals surface area contributed by atoms with Gasteiger partial charge in [0.2, 0.25) is 5.16 Å². The van der Waals surface area contributed by atoms with Crippen molar-refractivity contribution in [2.24, 2.45) is 0 Å². The fourth-order valence-electron chi connectivity index (χ4n) is 1.16. The maximum Gasteiger partial charge on any atom is 0.213 e. The summed E-state index contributed by atoms with van der Waals surface area (Å²) in [6, 6.07) is 5.08. The second-order valence-electron chi connectivity index (χ2n) is 3.11. The lowest BCUT2D eigenvalue weighted by molar-refractivity contribution is 0.112. The standard InChI is InChI=1S/C10H8ClN3OS/c1-6-12-10(14-13-6)16-9-4-8(11)3-2-7(9)5-15/h2-5H,1H3,(H,12,13,14). The van der Waals surface area contributed by atoms with Crippen LogP contribution in [0.2, 0.25) is 5.02 Å². The first-order valence-electron chi connectivity index (χ1n) is 4.50. The molecule has 0 fully saturated rings. The summed E-state index contributed by atoms with van der Waals surface area (Å²) in [5.41, 5.74) is 0.580. The van der Waals surface area contributed by atoms with Gasteiger partial charge in [0.25, 0.3) is 0 Å². The van der Waals surface area contributed by atoms with Crippen molar-refractivity contribution in [2.75, 3.05) is 0 Å². The number of halogens is 1. The van der Waals surface area contributed by atoms with Crippen LogP contribution in [0.15, 0.2) is 28.3 Å². The van der Waals surface area contributed by atoms with Gasteiger partial charge < -0.3 is 0 Å². The van der Waals surface area contributed by atoms with Gasteiger partial charge in [0.15, 0.2) is 6.29 Å². The zero-order valence-electron chi connectivity index (χ0n) is 8.40. The van der Waals surface area contributed by atoms with Crippen LogP contribution in [0.3, 0.4) is 0 Å². The molecule has 0 amide bonds. The van der Waals surface area contributed by atoms with E-state index in [9.17, 15) is 4.79 Å². The molecule has 0 saturated carbocycles. The number of carbonyl (C=O) groups is 1. The van der Waals surface area contributed by atoms with Crippen LogP contribution in [-0.4, -0.2) is 21.5 Å². The molecule has 0 bridgehead atoms. The van der Waals surface area contributed by atoms with Crippen molar-refractivity contribution in [1.29, 1.82) is 0 Å². The molecule has 0 radical (unpaired) electrons. The van der Waals surface area contributed by atoms with Gasteiger partial charge >= 0.3 is 0 Å². The normalized spacial score (nSPS) is 10.4. The molecule has 2 rings (SSSR count). The van der Waals surface area contributed by atoms with Crippen molar-refractivity contribution < 1.29 is 4.79 Å². The predicted octanol–water partition coefficient (Wildman–Crippen LogP) is 2.73. The first-order chi connectivity index (χ1) is 7.69. The van der Waals surface area contributed by atoms with Crippen molar-refractivity contribution >= 4 is 29.6 Å². The molecule has 16 heavy (non-hydrogen) atoms. The first-order valence-corrected chi connectivity index (χ1v) is 5.70. The second-order valence-corrected chi connectivity index (χ2v) is 4.55. The molecule has 0 saturated heterocycles. The van der Waals surface area contributed by atoms with Gasteiger partial charge in [-0.15, -0.1) is 5.10 Å². The van der Waals surface area contributed by atoms with E-state index >= 15 is 0 Å². The number of nitrogens with zero attached hydrogens (tertiary/aromatic N) is 2. The largest absolute Gasteiger partial charge is 0.298 e. The van der Waals surface area contributed by atoms with Crippen LogP contribution in [0.5, 0.6) is 0 Å². The van der Waals surface area contributed by atoms with E-state index < -0.39 is 0 Å². The van der Waals surface area contributed by atoms with Crippen molar-refractivity contribution in [2.45, 2.75) is 17.0 Å². The highest BCUT2D eigenvalue weighted by Crippen LogP contribution is 2.29. The van der Waals surface area contributed by atoms with E-state index in [1.807, 2.05) is 6.92 Å². The SMILES string of the molecule is Cc1nc(Sc2cc(Cl)ccc2C=O)n[nH]1. The van der Waals surface area contributed by atoms with Gasteiger partial charge in [0.1, 0.15) is 5.82 Å². The topological polar surface area (TPSA) is 58.6 Å². The number of aldehydes is 1. The number of carbonyl (C=O) groups excluding carboxylic acids is 1. The number of nitrogens with one attached hydrogen (secondary N) is 1. The highest BCUT2D eigenvalue weighted by molar-refractivity contribution is 7.99. The fourth-order valence-corrected chi connectivity index (χ4v) is 2.29. The molecule has 0 spiro atoms. The molecule has 0 unspecified atom stereocenters. The molecule has 2 aromatic rings. The average molecular weight is 254 g/mol. The highest BCUT2D eigenvalue weighted by atomic mass is 35.5. The van der Waals surface area contributed by atoms with Crippen LogP contribution in [0.1, 0.15) is 16.2 Å².